The topological polar surface area (TPSA) is 88.6 Å². The Morgan fingerprint density at radius 1 is 1.13 bits per heavy atom. The Hall–Kier alpha value is -3.26. The lowest BCUT2D eigenvalue weighted by molar-refractivity contribution is -0.137. The van der Waals surface area contributed by atoms with Crippen LogP contribution in [0.1, 0.15) is 31.1 Å². The Bertz CT molecular complexity index is 1100. The molecule has 0 saturated carbocycles. The van der Waals surface area contributed by atoms with Gasteiger partial charge < -0.3 is 15.0 Å². The molecule has 8 heteroatoms. The standard InChI is InChI=1S/C23H25N3O4S/c1-23(2,3)25-20(27)13-26(4)21(28)14-30-22(29)16-12-18(19-10-7-11-31-19)24-17-9-6-5-8-15(16)17/h5-12H,13-14H2,1-4H3,(H,25,27). The monoisotopic (exact) mass is 439 g/mol. The van der Waals surface area contributed by atoms with E-state index < -0.39 is 24.0 Å². The van der Waals surface area contributed by atoms with Crippen LogP contribution in [0.25, 0.3) is 21.5 Å². The summed E-state index contributed by atoms with van der Waals surface area (Å²) in [4.78, 5) is 44.0. The normalized spacial score (nSPS) is 11.2. The second kappa shape index (κ2) is 9.26. The number of hydrogen-bond donors (Lipinski definition) is 1. The van der Waals surface area contributed by atoms with E-state index in [9.17, 15) is 14.4 Å². The van der Waals surface area contributed by atoms with Crippen molar-refractivity contribution < 1.29 is 19.1 Å². The number of likely N-dealkylation sites (N-methyl/N-ethyl adjacent to an activating group) is 1. The van der Waals surface area contributed by atoms with Crippen molar-refractivity contribution in [2.24, 2.45) is 0 Å². The maximum Gasteiger partial charge on any atom is 0.339 e. The molecule has 0 spiro atoms. The molecular formula is C23H25N3O4S. The molecule has 1 N–H and O–H groups in total. The number of aromatic nitrogens is 1. The zero-order valence-corrected chi connectivity index (χ0v) is 18.8. The fraction of sp³-hybridized carbons (Fsp3) is 0.304. The second-order valence-corrected chi connectivity index (χ2v) is 9.12. The van der Waals surface area contributed by atoms with Crippen molar-refractivity contribution in [1.82, 2.24) is 15.2 Å². The van der Waals surface area contributed by atoms with Crippen molar-refractivity contribution >= 4 is 40.0 Å². The fourth-order valence-corrected chi connectivity index (χ4v) is 3.66. The Labute approximate surface area is 185 Å². The molecule has 2 amide bonds. The van der Waals surface area contributed by atoms with Gasteiger partial charge in [0, 0.05) is 18.0 Å². The van der Waals surface area contributed by atoms with E-state index in [1.54, 1.807) is 12.1 Å². The van der Waals surface area contributed by atoms with Gasteiger partial charge in [-0.3, -0.25) is 9.59 Å². The number of pyridine rings is 1. The molecule has 31 heavy (non-hydrogen) atoms. The van der Waals surface area contributed by atoms with Gasteiger partial charge in [0.25, 0.3) is 5.91 Å². The van der Waals surface area contributed by atoms with Crippen LogP contribution in [0.2, 0.25) is 0 Å². The lowest BCUT2D eigenvalue weighted by Crippen LogP contribution is -2.46. The van der Waals surface area contributed by atoms with Gasteiger partial charge in [-0.2, -0.15) is 0 Å². The van der Waals surface area contributed by atoms with Crippen LogP contribution >= 0.6 is 11.3 Å². The molecule has 0 aliphatic carbocycles. The van der Waals surface area contributed by atoms with Crippen LogP contribution in [-0.2, 0) is 14.3 Å². The number of fused-ring (bicyclic) bond motifs is 1. The summed E-state index contributed by atoms with van der Waals surface area (Å²) >= 11 is 1.52. The molecule has 0 bridgehead atoms. The third-order valence-electron chi connectivity index (χ3n) is 4.36. The molecule has 0 atom stereocenters. The molecule has 162 valence electrons. The number of hydrogen-bond acceptors (Lipinski definition) is 6. The Balaban J connectivity index is 1.72. The number of nitrogens with zero attached hydrogens (tertiary/aromatic N) is 2. The van der Waals surface area contributed by atoms with Crippen molar-refractivity contribution in [1.29, 1.82) is 0 Å². The van der Waals surface area contributed by atoms with Crippen molar-refractivity contribution in [2.45, 2.75) is 26.3 Å². The van der Waals surface area contributed by atoms with Gasteiger partial charge in [-0.1, -0.05) is 24.3 Å². The van der Waals surface area contributed by atoms with Crippen molar-refractivity contribution in [3.8, 4) is 10.6 Å². The van der Waals surface area contributed by atoms with Crippen LogP contribution in [0.4, 0.5) is 0 Å². The van der Waals surface area contributed by atoms with Crippen LogP contribution in [0, 0.1) is 0 Å². The molecule has 1 aromatic carbocycles. The molecule has 3 aromatic rings. The summed E-state index contributed by atoms with van der Waals surface area (Å²) < 4.78 is 5.29. The summed E-state index contributed by atoms with van der Waals surface area (Å²) in [5, 5.41) is 5.38. The molecule has 0 aliphatic rings. The molecule has 3 rings (SSSR count). The second-order valence-electron chi connectivity index (χ2n) is 8.17. The first-order chi connectivity index (χ1) is 14.6. The van der Waals surface area contributed by atoms with E-state index in [4.69, 9.17) is 4.74 Å². The molecule has 0 radical (unpaired) electrons. The number of thiophene rings is 1. The quantitative estimate of drug-likeness (QED) is 0.594. The molecule has 2 aromatic heterocycles. The van der Waals surface area contributed by atoms with Crippen LogP contribution in [0.3, 0.4) is 0 Å². The first kappa shape index (κ1) is 22.4. The van der Waals surface area contributed by atoms with E-state index in [0.29, 0.717) is 22.2 Å². The average Bonchev–Trinajstić information content (AvgIpc) is 3.24. The highest BCUT2D eigenvalue weighted by molar-refractivity contribution is 7.13. The van der Waals surface area contributed by atoms with Gasteiger partial charge in [-0.05, 0) is 44.4 Å². The summed E-state index contributed by atoms with van der Waals surface area (Å²) in [6.07, 6.45) is 0. The van der Waals surface area contributed by atoms with Gasteiger partial charge in [0.2, 0.25) is 5.91 Å². The maximum atomic E-state index is 12.8. The number of nitrogens with one attached hydrogen (secondary N) is 1. The highest BCUT2D eigenvalue weighted by Crippen LogP contribution is 2.28. The van der Waals surface area contributed by atoms with Gasteiger partial charge in [0.05, 0.1) is 28.2 Å². The zero-order valence-electron chi connectivity index (χ0n) is 18.0. The van der Waals surface area contributed by atoms with Gasteiger partial charge >= 0.3 is 5.97 Å². The molecule has 2 heterocycles. The molecule has 7 nitrogen and oxygen atoms in total. The first-order valence-electron chi connectivity index (χ1n) is 9.80. The van der Waals surface area contributed by atoms with Crippen LogP contribution < -0.4 is 5.32 Å². The van der Waals surface area contributed by atoms with E-state index in [0.717, 1.165) is 4.88 Å². The lowest BCUT2D eigenvalue weighted by Gasteiger charge is -2.23. The van der Waals surface area contributed by atoms with Crippen LogP contribution in [-0.4, -0.2) is 53.4 Å². The summed E-state index contributed by atoms with van der Waals surface area (Å²) in [6, 6.07) is 12.8. The molecule has 0 aliphatic heterocycles. The SMILES string of the molecule is CN(CC(=O)NC(C)(C)C)C(=O)COC(=O)c1cc(-c2cccs2)nc2ccccc12. The number of carbonyl (C=O) groups is 3. The largest absolute Gasteiger partial charge is 0.452 e. The number of rotatable bonds is 6. The molecule has 0 fully saturated rings. The van der Waals surface area contributed by atoms with Gasteiger partial charge in [-0.15, -0.1) is 11.3 Å². The third-order valence-corrected chi connectivity index (χ3v) is 5.25. The highest BCUT2D eigenvalue weighted by Gasteiger charge is 2.20. The van der Waals surface area contributed by atoms with Crippen LogP contribution in [0.5, 0.6) is 0 Å². The zero-order chi connectivity index (χ0) is 22.6. The number of carbonyl (C=O) groups excluding carboxylic acids is 3. The molecule has 0 saturated heterocycles. The van der Waals surface area contributed by atoms with E-state index in [-0.39, 0.29) is 12.5 Å². The van der Waals surface area contributed by atoms with E-state index >= 15 is 0 Å². The number of ether oxygens (including phenoxy) is 1. The fourth-order valence-electron chi connectivity index (χ4n) is 2.97. The molecular weight excluding hydrogens is 414 g/mol. The predicted octanol–water partition coefficient (Wildman–Crippen LogP) is 3.49. The van der Waals surface area contributed by atoms with E-state index in [1.807, 2.05) is 56.5 Å². The van der Waals surface area contributed by atoms with Gasteiger partial charge in [0.15, 0.2) is 6.61 Å². The number of para-hydroxylation sites is 1. The number of benzene rings is 1. The third kappa shape index (κ3) is 5.88. The number of esters is 1. The minimum absolute atomic E-state index is 0.117. The summed E-state index contributed by atoms with van der Waals surface area (Å²) in [5.41, 5.74) is 1.29. The Morgan fingerprint density at radius 2 is 1.87 bits per heavy atom. The Kier molecular flexibility index (Phi) is 6.70. The smallest absolute Gasteiger partial charge is 0.339 e. The first-order valence-corrected chi connectivity index (χ1v) is 10.7. The van der Waals surface area contributed by atoms with E-state index in [1.165, 1.54) is 23.3 Å². The van der Waals surface area contributed by atoms with Gasteiger partial charge in [0.1, 0.15) is 0 Å². The van der Waals surface area contributed by atoms with E-state index in [2.05, 4.69) is 10.3 Å². The summed E-state index contributed by atoms with van der Waals surface area (Å²) in [6.45, 7) is 5.01. The van der Waals surface area contributed by atoms with Crippen LogP contribution in [0.15, 0.2) is 47.8 Å². The van der Waals surface area contributed by atoms with Crippen molar-refractivity contribution in [2.75, 3.05) is 20.2 Å². The predicted molar refractivity (Wildman–Crippen MR) is 121 cm³/mol. The average molecular weight is 440 g/mol. The van der Waals surface area contributed by atoms with Gasteiger partial charge in [-0.25, -0.2) is 9.78 Å². The van der Waals surface area contributed by atoms with Crippen molar-refractivity contribution in [3.05, 3.63) is 53.4 Å². The summed E-state index contributed by atoms with van der Waals surface area (Å²) in [5.74, 6) is -1.36. The molecule has 0 unspecified atom stereocenters. The highest BCUT2D eigenvalue weighted by atomic mass is 32.1. The lowest BCUT2D eigenvalue weighted by atomic mass is 10.1. The maximum absolute atomic E-state index is 12.8. The number of amides is 2. The minimum atomic E-state index is -0.614. The van der Waals surface area contributed by atoms with Crippen molar-refractivity contribution in [3.63, 3.8) is 0 Å². The Morgan fingerprint density at radius 3 is 2.55 bits per heavy atom. The summed E-state index contributed by atoms with van der Waals surface area (Å²) in [7, 11) is 1.50. The minimum Gasteiger partial charge on any atom is -0.452 e.